The van der Waals surface area contributed by atoms with Crippen LogP contribution in [0.2, 0.25) is 0 Å². The van der Waals surface area contributed by atoms with E-state index in [1.165, 1.54) is 27.4 Å². The number of piperidine rings is 1. The number of thiazole rings is 1. The Bertz CT molecular complexity index is 1350. The van der Waals surface area contributed by atoms with Crippen molar-refractivity contribution < 1.29 is 7.54 Å². The van der Waals surface area contributed by atoms with Crippen molar-refractivity contribution in [2.75, 3.05) is 36.0 Å². The highest BCUT2D eigenvalue weighted by Gasteiger charge is 2.46. The number of nitrogens with zero attached hydrogens (tertiary/aromatic N) is 5. The number of fused-ring (bicyclic) bond motifs is 2. The number of nitrogens with two attached hydrogens (primary N) is 3. The molecule has 176 valence electrons. The molecule has 9 nitrogen and oxygen atoms in total. The van der Waals surface area contributed by atoms with Gasteiger partial charge in [-0.2, -0.15) is 0 Å². The number of nitrogen functional groups attached to an aromatic ring is 2. The van der Waals surface area contributed by atoms with E-state index in [1.54, 1.807) is 6.20 Å². The molecule has 1 amide bonds. The first-order valence-corrected chi connectivity index (χ1v) is 12.2. The van der Waals surface area contributed by atoms with Crippen molar-refractivity contribution in [2.45, 2.75) is 38.2 Å². The van der Waals surface area contributed by atoms with Crippen LogP contribution in [0.1, 0.15) is 53.8 Å². The van der Waals surface area contributed by atoms with Crippen LogP contribution < -0.4 is 22.1 Å². The van der Waals surface area contributed by atoms with E-state index in [4.69, 9.17) is 19.9 Å². The number of benzene rings is 1. The molecule has 1 spiro atoms. The summed E-state index contributed by atoms with van der Waals surface area (Å²) in [5.41, 5.74) is 21.7. The topological polar surface area (TPSA) is 140 Å². The maximum Gasteiger partial charge on any atom is 0.276 e. The number of hydrogen-bond donors (Lipinski definition) is 3. The van der Waals surface area contributed by atoms with Crippen molar-refractivity contribution >= 4 is 34.0 Å². The molecule has 34 heavy (non-hydrogen) atoms. The minimum atomic E-state index is -1.80. The molecule has 1 aliphatic carbocycles. The van der Waals surface area contributed by atoms with Crippen molar-refractivity contribution in [1.29, 1.82) is 0 Å². The van der Waals surface area contributed by atoms with Gasteiger partial charge in [-0.3, -0.25) is 4.79 Å². The van der Waals surface area contributed by atoms with Gasteiger partial charge in [-0.1, -0.05) is 24.3 Å². The molecule has 0 saturated carbocycles. The molecular formula is C24H28N8OS. The van der Waals surface area contributed by atoms with Gasteiger partial charge in [0, 0.05) is 39.7 Å². The zero-order valence-electron chi connectivity index (χ0n) is 20.7. The maximum absolute atomic E-state index is 13.2. The summed E-state index contributed by atoms with van der Waals surface area (Å²) in [6, 6.07) is 8.48. The van der Waals surface area contributed by atoms with Crippen LogP contribution in [0.15, 0.2) is 30.5 Å². The smallest absolute Gasteiger partial charge is 0.276 e. The molecule has 2 aliphatic heterocycles. The summed E-state index contributed by atoms with van der Waals surface area (Å²) in [5.74, 6) is 0.216. The Hall–Kier alpha value is -3.24. The lowest BCUT2D eigenvalue weighted by atomic mass is 9.73. The van der Waals surface area contributed by atoms with Crippen molar-refractivity contribution in [3.8, 4) is 0 Å². The molecule has 1 saturated heterocycles. The number of rotatable bonds is 2. The van der Waals surface area contributed by atoms with Crippen LogP contribution in [0.5, 0.6) is 0 Å². The molecule has 6 rings (SSSR count). The number of anilines is 3. The van der Waals surface area contributed by atoms with Gasteiger partial charge in [0.2, 0.25) is 0 Å². The van der Waals surface area contributed by atoms with Gasteiger partial charge in [0.05, 0.1) is 18.4 Å². The number of carbonyl (C=O) groups is 1. The molecule has 1 fully saturated rings. The highest BCUT2D eigenvalue weighted by molar-refractivity contribution is 7.15. The van der Waals surface area contributed by atoms with Crippen LogP contribution in [0.25, 0.3) is 0 Å². The second kappa shape index (κ2) is 7.92. The quantitative estimate of drug-likeness (QED) is 0.509. The fraction of sp³-hybridized carbons (Fsp3) is 0.417. The molecule has 0 unspecified atom stereocenters. The van der Waals surface area contributed by atoms with Crippen LogP contribution in [-0.4, -0.2) is 45.4 Å². The summed E-state index contributed by atoms with van der Waals surface area (Å²) in [4.78, 5) is 30.4. The zero-order chi connectivity index (χ0) is 25.2. The molecule has 4 heterocycles. The molecule has 0 radical (unpaired) electrons. The highest BCUT2D eigenvalue weighted by atomic mass is 32.1. The van der Waals surface area contributed by atoms with Gasteiger partial charge in [0.15, 0.2) is 16.6 Å². The Morgan fingerprint density at radius 1 is 1.18 bits per heavy atom. The molecule has 10 heteroatoms. The first kappa shape index (κ1) is 19.1. The third kappa shape index (κ3) is 3.40. The van der Waals surface area contributed by atoms with Gasteiger partial charge in [-0.25, -0.2) is 15.0 Å². The SMILES string of the molecule is [2H]C1([2H])CN(C(=O)c2ncc(N3CCC4(CC3)Cc3ccccc3[C@H]4N)nc2N)Cc2sc(N)nc21. The van der Waals surface area contributed by atoms with Crippen molar-refractivity contribution in [3.05, 3.63) is 57.9 Å². The Morgan fingerprint density at radius 3 is 2.74 bits per heavy atom. The van der Waals surface area contributed by atoms with Gasteiger partial charge in [-0.15, -0.1) is 11.3 Å². The predicted molar refractivity (Wildman–Crippen MR) is 132 cm³/mol. The van der Waals surface area contributed by atoms with Gasteiger partial charge < -0.3 is 27.0 Å². The molecule has 2 aromatic heterocycles. The summed E-state index contributed by atoms with van der Waals surface area (Å²) in [6.45, 7) is 1.63. The molecule has 6 N–H and O–H groups in total. The van der Waals surface area contributed by atoms with E-state index in [0.29, 0.717) is 16.4 Å². The molecule has 0 bridgehead atoms. The van der Waals surface area contributed by atoms with E-state index in [9.17, 15) is 4.79 Å². The largest absolute Gasteiger partial charge is 0.382 e. The van der Waals surface area contributed by atoms with Crippen LogP contribution >= 0.6 is 11.3 Å². The Labute approximate surface area is 204 Å². The maximum atomic E-state index is 13.2. The standard InChI is InChI=1S/C24H28N8OS/c25-20-15-4-2-1-3-14(15)11-24(20)6-9-31(10-7-24)18-12-28-19(21(26)30-18)22(33)32-8-5-16-17(13-32)34-23(27)29-16/h1-4,12,20H,5-11,13,25H2,(H2,26,30)(H2,27,29)/t20-/m1/s1/i5D2. The van der Waals surface area contributed by atoms with E-state index < -0.39 is 12.3 Å². The first-order chi connectivity index (χ1) is 17.2. The molecule has 3 aliphatic rings. The Balaban J connectivity index is 1.16. The van der Waals surface area contributed by atoms with Gasteiger partial charge >= 0.3 is 0 Å². The minimum Gasteiger partial charge on any atom is -0.382 e. The molecule has 1 aromatic carbocycles. The summed E-state index contributed by atoms with van der Waals surface area (Å²) >= 11 is 1.19. The second-order valence-electron chi connectivity index (χ2n) is 9.33. The highest BCUT2D eigenvalue weighted by Crippen LogP contribution is 2.50. The fourth-order valence-electron chi connectivity index (χ4n) is 5.51. The number of amides is 1. The lowest BCUT2D eigenvalue weighted by molar-refractivity contribution is 0.0731. The van der Waals surface area contributed by atoms with Gasteiger partial charge in [0.1, 0.15) is 5.82 Å². The molecular weight excluding hydrogens is 448 g/mol. The monoisotopic (exact) mass is 478 g/mol. The number of carbonyl (C=O) groups excluding carboxylic acids is 1. The first-order valence-electron chi connectivity index (χ1n) is 12.4. The lowest BCUT2D eigenvalue weighted by Gasteiger charge is -2.42. The van der Waals surface area contributed by atoms with E-state index >= 15 is 0 Å². The van der Waals surface area contributed by atoms with E-state index in [0.717, 1.165) is 32.4 Å². The number of aromatic nitrogens is 3. The van der Waals surface area contributed by atoms with Gasteiger partial charge in [-0.05, 0) is 35.8 Å². The summed E-state index contributed by atoms with van der Waals surface area (Å²) in [5, 5.41) is 0.285. The minimum absolute atomic E-state index is 0.0252. The normalized spacial score (nSPS) is 23.3. The van der Waals surface area contributed by atoms with Gasteiger partial charge in [0.25, 0.3) is 5.91 Å². The third-order valence-corrected chi connectivity index (χ3v) is 8.31. The van der Waals surface area contributed by atoms with E-state index in [-0.39, 0.29) is 41.2 Å². The number of hydrogen-bond acceptors (Lipinski definition) is 9. The Kier molecular flexibility index (Phi) is 4.45. The van der Waals surface area contributed by atoms with Crippen LogP contribution in [0.3, 0.4) is 0 Å². The Morgan fingerprint density at radius 2 is 1.97 bits per heavy atom. The fourth-order valence-corrected chi connectivity index (χ4v) is 6.33. The van der Waals surface area contributed by atoms with E-state index in [2.05, 4.69) is 44.1 Å². The summed E-state index contributed by atoms with van der Waals surface area (Å²) in [7, 11) is 0. The average molecular weight is 479 g/mol. The molecule has 1 atom stereocenters. The molecule has 3 aromatic rings. The zero-order valence-corrected chi connectivity index (χ0v) is 19.5. The van der Waals surface area contributed by atoms with Crippen molar-refractivity contribution in [2.24, 2.45) is 11.1 Å². The third-order valence-electron chi connectivity index (χ3n) is 7.44. The predicted octanol–water partition coefficient (Wildman–Crippen LogP) is 2.14. The van der Waals surface area contributed by atoms with Crippen LogP contribution in [0, 0.1) is 5.41 Å². The van der Waals surface area contributed by atoms with Crippen molar-refractivity contribution in [1.82, 2.24) is 19.9 Å². The summed E-state index contributed by atoms with van der Waals surface area (Å²) in [6.07, 6.45) is 2.65. The van der Waals surface area contributed by atoms with Crippen LogP contribution in [0.4, 0.5) is 16.8 Å². The lowest BCUT2D eigenvalue weighted by Crippen LogP contribution is -2.44. The van der Waals surface area contributed by atoms with Crippen molar-refractivity contribution in [3.63, 3.8) is 0 Å². The summed E-state index contributed by atoms with van der Waals surface area (Å²) < 4.78 is 16.7. The second-order valence-corrected chi connectivity index (χ2v) is 10.4. The van der Waals surface area contributed by atoms with Crippen LogP contribution in [-0.2, 0) is 19.3 Å². The average Bonchev–Trinajstić information content (AvgIpc) is 3.36. The van der Waals surface area contributed by atoms with E-state index in [1.807, 2.05) is 0 Å².